The van der Waals surface area contributed by atoms with Crippen molar-refractivity contribution in [1.82, 2.24) is 14.9 Å². The maximum absolute atomic E-state index is 12.9. The van der Waals surface area contributed by atoms with Gasteiger partial charge < -0.3 is 20.1 Å². The predicted molar refractivity (Wildman–Crippen MR) is 86.9 cm³/mol. The fourth-order valence-electron chi connectivity index (χ4n) is 2.88. The summed E-state index contributed by atoms with van der Waals surface area (Å²) in [6.45, 7) is 2.27. The first-order valence-corrected chi connectivity index (χ1v) is 8.27. The second kappa shape index (κ2) is 9.48. The van der Waals surface area contributed by atoms with Crippen molar-refractivity contribution in [3.63, 3.8) is 0 Å². The van der Waals surface area contributed by atoms with Gasteiger partial charge in [0.05, 0.1) is 18.3 Å². The largest absolute Gasteiger partial charge is 0.396 e. The first kappa shape index (κ1) is 18.5. The van der Waals surface area contributed by atoms with E-state index in [4.69, 9.17) is 9.84 Å². The third-order valence-electron chi connectivity index (χ3n) is 4.28. The normalized spacial score (nSPS) is 16.6. The van der Waals surface area contributed by atoms with Gasteiger partial charge in [-0.05, 0) is 25.2 Å². The fraction of sp³-hybridized carbons (Fsp3) is 0.688. The minimum absolute atomic E-state index is 0.0324. The lowest BCUT2D eigenvalue weighted by atomic mass is 9.85. The quantitative estimate of drug-likeness (QED) is 0.731. The number of aliphatic hydroxyl groups is 1. The van der Waals surface area contributed by atoms with Crippen molar-refractivity contribution in [1.29, 1.82) is 0 Å². The minimum atomic E-state index is -0.499. The molecule has 2 heterocycles. The van der Waals surface area contributed by atoms with Crippen LogP contribution in [0.4, 0.5) is 10.3 Å². The molecule has 2 rings (SSSR count). The topological polar surface area (TPSA) is 87.6 Å². The van der Waals surface area contributed by atoms with Crippen LogP contribution in [-0.2, 0) is 9.53 Å². The van der Waals surface area contributed by atoms with Crippen LogP contribution in [0.2, 0.25) is 0 Å². The number of rotatable bonds is 8. The summed E-state index contributed by atoms with van der Waals surface area (Å²) < 4.78 is 18.3. The molecule has 8 heteroatoms. The Morgan fingerprint density at radius 1 is 1.46 bits per heavy atom. The van der Waals surface area contributed by atoms with Crippen LogP contribution < -0.4 is 5.32 Å². The highest BCUT2D eigenvalue weighted by molar-refractivity contribution is 5.79. The molecule has 0 radical (unpaired) electrons. The molecular weight excluding hydrogens is 315 g/mol. The monoisotopic (exact) mass is 340 g/mol. The van der Waals surface area contributed by atoms with Crippen LogP contribution in [-0.4, -0.2) is 65.8 Å². The Hall–Kier alpha value is -1.80. The number of nitrogens with one attached hydrogen (secondary N) is 1. The Morgan fingerprint density at radius 2 is 2.12 bits per heavy atom. The third-order valence-corrected chi connectivity index (χ3v) is 4.28. The number of anilines is 1. The van der Waals surface area contributed by atoms with Gasteiger partial charge in [-0.3, -0.25) is 4.79 Å². The summed E-state index contributed by atoms with van der Waals surface area (Å²) in [5.41, 5.74) is 0. The summed E-state index contributed by atoms with van der Waals surface area (Å²) in [5.74, 6) is -0.174. The van der Waals surface area contributed by atoms with Gasteiger partial charge in [-0.25, -0.2) is 14.4 Å². The molecular formula is C16H25FN4O3. The zero-order valence-electron chi connectivity index (χ0n) is 13.9. The highest BCUT2D eigenvalue weighted by Gasteiger charge is 2.31. The summed E-state index contributed by atoms with van der Waals surface area (Å²) in [4.78, 5) is 22.2. The van der Waals surface area contributed by atoms with E-state index in [2.05, 4.69) is 15.3 Å². The van der Waals surface area contributed by atoms with Gasteiger partial charge in [0.15, 0.2) is 5.82 Å². The predicted octanol–water partition coefficient (Wildman–Crippen LogP) is 0.911. The van der Waals surface area contributed by atoms with E-state index in [1.54, 1.807) is 11.9 Å². The highest BCUT2D eigenvalue weighted by Crippen LogP contribution is 2.25. The zero-order valence-corrected chi connectivity index (χ0v) is 13.9. The second-order valence-electron chi connectivity index (χ2n) is 6.00. The van der Waals surface area contributed by atoms with Gasteiger partial charge in [0.2, 0.25) is 11.9 Å². The lowest BCUT2D eigenvalue weighted by molar-refractivity contribution is -0.136. The second-order valence-corrected chi connectivity index (χ2v) is 6.00. The maximum Gasteiger partial charge on any atom is 0.227 e. The van der Waals surface area contributed by atoms with Crippen molar-refractivity contribution in [2.24, 2.45) is 11.8 Å². The average Bonchev–Trinajstić information content (AvgIpc) is 2.62. The van der Waals surface area contributed by atoms with Gasteiger partial charge in [-0.15, -0.1) is 0 Å². The van der Waals surface area contributed by atoms with Crippen LogP contribution in [0.15, 0.2) is 12.4 Å². The van der Waals surface area contributed by atoms with Crippen molar-refractivity contribution >= 4 is 11.9 Å². The van der Waals surface area contributed by atoms with E-state index < -0.39 is 5.82 Å². The van der Waals surface area contributed by atoms with Gasteiger partial charge in [-0.2, -0.15) is 0 Å². The number of ether oxygens (including phenoxy) is 1. The SMILES string of the molecule is CN(CCCO)C(=O)C(CNc1ncc(F)cn1)C1CCOCC1. The third kappa shape index (κ3) is 5.38. The molecule has 7 nitrogen and oxygen atoms in total. The molecule has 1 aromatic heterocycles. The van der Waals surface area contributed by atoms with Gasteiger partial charge in [0, 0.05) is 40.0 Å². The number of nitrogens with zero attached hydrogens (tertiary/aromatic N) is 3. The zero-order chi connectivity index (χ0) is 17.4. The maximum atomic E-state index is 12.9. The van der Waals surface area contributed by atoms with Crippen molar-refractivity contribution in [2.75, 3.05) is 45.3 Å². The van der Waals surface area contributed by atoms with Crippen molar-refractivity contribution in [2.45, 2.75) is 19.3 Å². The number of carbonyl (C=O) groups is 1. The summed E-state index contributed by atoms with van der Waals surface area (Å²) in [7, 11) is 1.75. The number of carbonyl (C=O) groups excluding carboxylic acids is 1. The molecule has 0 aliphatic carbocycles. The Labute approximate surface area is 141 Å². The van der Waals surface area contributed by atoms with Crippen LogP contribution in [0.25, 0.3) is 0 Å². The minimum Gasteiger partial charge on any atom is -0.396 e. The van der Waals surface area contributed by atoms with Crippen LogP contribution in [0.3, 0.4) is 0 Å². The van der Waals surface area contributed by atoms with Crippen molar-refractivity contribution in [3.05, 3.63) is 18.2 Å². The van der Waals surface area contributed by atoms with Crippen molar-refractivity contribution in [3.8, 4) is 0 Å². The van der Waals surface area contributed by atoms with Crippen LogP contribution in [0.1, 0.15) is 19.3 Å². The Kier molecular flexibility index (Phi) is 7.33. The molecule has 1 unspecified atom stereocenters. The molecule has 1 atom stereocenters. The lowest BCUT2D eigenvalue weighted by Gasteiger charge is -2.32. The first-order chi connectivity index (χ1) is 11.6. The molecule has 1 amide bonds. The molecule has 0 saturated carbocycles. The van der Waals surface area contributed by atoms with Gasteiger partial charge >= 0.3 is 0 Å². The van der Waals surface area contributed by atoms with Crippen LogP contribution in [0, 0.1) is 17.7 Å². The molecule has 0 spiro atoms. The fourth-order valence-corrected chi connectivity index (χ4v) is 2.88. The molecule has 1 aliphatic rings. The molecule has 0 bridgehead atoms. The molecule has 0 aromatic carbocycles. The summed E-state index contributed by atoms with van der Waals surface area (Å²) in [6, 6.07) is 0. The number of amides is 1. The first-order valence-electron chi connectivity index (χ1n) is 8.27. The Balaban J connectivity index is 2.01. The highest BCUT2D eigenvalue weighted by atomic mass is 19.1. The van der Waals surface area contributed by atoms with Gasteiger partial charge in [0.25, 0.3) is 0 Å². The van der Waals surface area contributed by atoms with Crippen LogP contribution in [0.5, 0.6) is 0 Å². The molecule has 2 N–H and O–H groups in total. The molecule has 24 heavy (non-hydrogen) atoms. The smallest absolute Gasteiger partial charge is 0.227 e. The van der Waals surface area contributed by atoms with E-state index in [1.165, 1.54) is 0 Å². The molecule has 1 saturated heterocycles. The lowest BCUT2D eigenvalue weighted by Crippen LogP contribution is -2.42. The number of aliphatic hydroxyl groups excluding tert-OH is 1. The van der Waals surface area contributed by atoms with E-state index in [0.717, 1.165) is 25.2 Å². The van der Waals surface area contributed by atoms with Crippen LogP contribution >= 0.6 is 0 Å². The van der Waals surface area contributed by atoms with Gasteiger partial charge in [0.1, 0.15) is 0 Å². The standard InChI is InChI=1S/C16H25FN4O3/c1-21(5-2-6-22)15(23)14(12-3-7-24-8-4-12)11-20-16-18-9-13(17)10-19-16/h9-10,12,14,22H,2-8,11H2,1H3,(H,18,19,20). The molecule has 1 fully saturated rings. The number of aromatic nitrogens is 2. The molecule has 1 aliphatic heterocycles. The summed E-state index contributed by atoms with van der Waals surface area (Å²) in [5, 5.41) is 12.0. The summed E-state index contributed by atoms with van der Waals surface area (Å²) in [6.07, 6.45) is 4.39. The van der Waals surface area contributed by atoms with E-state index in [9.17, 15) is 9.18 Å². The summed E-state index contributed by atoms with van der Waals surface area (Å²) >= 11 is 0. The van der Waals surface area contributed by atoms with E-state index in [-0.39, 0.29) is 24.3 Å². The van der Waals surface area contributed by atoms with E-state index in [1.807, 2.05) is 0 Å². The molecule has 1 aromatic rings. The average molecular weight is 340 g/mol. The van der Waals surface area contributed by atoms with E-state index >= 15 is 0 Å². The van der Waals surface area contributed by atoms with E-state index in [0.29, 0.717) is 38.7 Å². The number of hydrogen-bond donors (Lipinski definition) is 2. The number of hydrogen-bond acceptors (Lipinski definition) is 6. The van der Waals surface area contributed by atoms with Crippen molar-refractivity contribution < 1.29 is 19.0 Å². The number of halogens is 1. The molecule has 134 valence electrons. The Bertz CT molecular complexity index is 509. The van der Waals surface area contributed by atoms with Gasteiger partial charge in [-0.1, -0.05) is 0 Å². The Morgan fingerprint density at radius 3 is 2.75 bits per heavy atom.